The van der Waals surface area contributed by atoms with Crippen molar-refractivity contribution in [2.24, 2.45) is 29.6 Å². The molecule has 0 atom stereocenters. The monoisotopic (exact) mass is 237 g/mol. The van der Waals surface area contributed by atoms with Crippen LogP contribution in [0.5, 0.6) is 0 Å². The predicted molar refractivity (Wildman–Crippen MR) is 65.7 cm³/mol. The highest BCUT2D eigenvalue weighted by Gasteiger charge is 2.47. The summed E-state index contributed by atoms with van der Waals surface area (Å²) in [5.74, 6) is 4.12. The molecule has 0 aromatic rings. The number of hydrogen-bond acceptors (Lipinski definition) is 2. The summed E-state index contributed by atoms with van der Waals surface area (Å²) < 4.78 is 0. The Morgan fingerprint density at radius 3 is 2.18 bits per heavy atom. The van der Waals surface area contributed by atoms with Gasteiger partial charge in [-0.1, -0.05) is 0 Å². The van der Waals surface area contributed by atoms with E-state index in [0.29, 0.717) is 6.54 Å². The van der Waals surface area contributed by atoms with Gasteiger partial charge in [0.1, 0.15) is 0 Å². The maximum atomic E-state index is 10.5. The van der Waals surface area contributed by atoms with Crippen LogP contribution in [0, 0.1) is 29.6 Å². The Kier molecular flexibility index (Phi) is 3.12. The maximum Gasteiger partial charge on any atom is 0.304 e. The van der Waals surface area contributed by atoms with Crippen molar-refractivity contribution in [3.63, 3.8) is 0 Å². The fraction of sp³-hybridized carbons (Fsp3) is 0.929. The lowest BCUT2D eigenvalue weighted by atomic mass is 9.52. The number of carbonyl (C=O) groups is 1. The predicted octanol–water partition coefficient (Wildman–Crippen LogP) is 2.12. The molecule has 4 saturated carbocycles. The summed E-state index contributed by atoms with van der Waals surface area (Å²) in [7, 11) is 0. The number of carboxylic acids is 1. The smallest absolute Gasteiger partial charge is 0.304 e. The molecule has 4 aliphatic rings. The molecule has 4 rings (SSSR count). The van der Waals surface area contributed by atoms with Gasteiger partial charge in [0, 0.05) is 6.54 Å². The van der Waals surface area contributed by atoms with E-state index < -0.39 is 5.97 Å². The molecule has 0 aromatic carbocycles. The Morgan fingerprint density at radius 2 is 1.65 bits per heavy atom. The number of nitrogens with one attached hydrogen (secondary N) is 1. The van der Waals surface area contributed by atoms with Crippen LogP contribution >= 0.6 is 0 Å². The number of hydrogen-bond donors (Lipinski definition) is 2. The Labute approximate surface area is 103 Å². The summed E-state index contributed by atoms with van der Waals surface area (Å²) in [6.45, 7) is 1.69. The Morgan fingerprint density at radius 1 is 1.06 bits per heavy atom. The molecule has 0 amide bonds. The topological polar surface area (TPSA) is 49.3 Å². The second-order valence-electron chi connectivity index (χ2n) is 6.44. The zero-order valence-corrected chi connectivity index (χ0v) is 10.4. The molecule has 0 aromatic heterocycles. The van der Waals surface area contributed by atoms with Crippen LogP contribution in [0.15, 0.2) is 0 Å². The first-order valence-corrected chi connectivity index (χ1v) is 7.15. The second-order valence-corrected chi connectivity index (χ2v) is 6.44. The number of aliphatic carboxylic acids is 1. The van der Waals surface area contributed by atoms with Crippen LogP contribution in [0.25, 0.3) is 0 Å². The van der Waals surface area contributed by atoms with Crippen LogP contribution in [0.4, 0.5) is 0 Å². The van der Waals surface area contributed by atoms with Crippen LogP contribution in [-0.4, -0.2) is 24.2 Å². The molecule has 0 unspecified atom stereocenters. The highest BCUT2D eigenvalue weighted by Crippen LogP contribution is 2.56. The molecule has 0 spiro atoms. The first-order chi connectivity index (χ1) is 8.22. The first-order valence-electron chi connectivity index (χ1n) is 7.15. The molecule has 4 bridgehead atoms. The summed E-state index contributed by atoms with van der Waals surface area (Å²) in [6, 6.07) is 0. The third kappa shape index (κ3) is 2.35. The minimum Gasteiger partial charge on any atom is -0.481 e. The van der Waals surface area contributed by atoms with Crippen LogP contribution in [-0.2, 0) is 4.79 Å². The van der Waals surface area contributed by atoms with Gasteiger partial charge in [-0.05, 0) is 68.2 Å². The maximum absolute atomic E-state index is 10.5. The van der Waals surface area contributed by atoms with E-state index in [0.717, 1.165) is 36.1 Å². The Balaban J connectivity index is 1.49. The highest BCUT2D eigenvalue weighted by atomic mass is 16.4. The van der Waals surface area contributed by atoms with Crippen LogP contribution in [0.1, 0.15) is 38.5 Å². The van der Waals surface area contributed by atoms with Crippen molar-refractivity contribution >= 4 is 5.97 Å². The minimum atomic E-state index is -0.692. The van der Waals surface area contributed by atoms with E-state index in [9.17, 15) is 4.79 Å². The molecule has 0 saturated heterocycles. The van der Waals surface area contributed by atoms with E-state index in [-0.39, 0.29) is 6.42 Å². The van der Waals surface area contributed by atoms with Gasteiger partial charge in [-0.3, -0.25) is 4.79 Å². The standard InChI is InChI=1S/C14H23NO2/c16-14(17)1-2-15-8-13-11-4-9-3-10(6-11)7-12(13)5-9/h9-13,15H,1-8H2,(H,16,17). The summed E-state index contributed by atoms with van der Waals surface area (Å²) >= 11 is 0. The molecule has 0 radical (unpaired) electrons. The lowest BCUT2D eigenvalue weighted by Crippen LogP contribution is -2.48. The van der Waals surface area contributed by atoms with Gasteiger partial charge in [0.2, 0.25) is 0 Å². The van der Waals surface area contributed by atoms with Crippen LogP contribution < -0.4 is 5.32 Å². The van der Waals surface area contributed by atoms with Crippen LogP contribution in [0.2, 0.25) is 0 Å². The first kappa shape index (κ1) is 11.5. The summed E-state index contributed by atoms with van der Waals surface area (Å²) in [4.78, 5) is 10.5. The molecular weight excluding hydrogens is 214 g/mol. The third-order valence-corrected chi connectivity index (χ3v) is 5.32. The van der Waals surface area contributed by atoms with Gasteiger partial charge in [-0.25, -0.2) is 0 Å². The largest absolute Gasteiger partial charge is 0.481 e. The van der Waals surface area contributed by atoms with E-state index in [1.165, 1.54) is 32.1 Å². The molecule has 3 nitrogen and oxygen atoms in total. The third-order valence-electron chi connectivity index (χ3n) is 5.32. The Bertz CT molecular complexity index is 275. The molecule has 4 aliphatic carbocycles. The number of rotatable bonds is 5. The number of carboxylic acid groups (broad SMARTS) is 1. The van der Waals surface area contributed by atoms with Gasteiger partial charge < -0.3 is 10.4 Å². The van der Waals surface area contributed by atoms with Gasteiger partial charge in [-0.2, -0.15) is 0 Å². The normalized spacial score (nSPS) is 42.9. The van der Waals surface area contributed by atoms with E-state index >= 15 is 0 Å². The van der Waals surface area contributed by atoms with E-state index in [1.54, 1.807) is 0 Å². The molecule has 2 N–H and O–H groups in total. The van der Waals surface area contributed by atoms with Gasteiger partial charge in [0.05, 0.1) is 6.42 Å². The van der Waals surface area contributed by atoms with Crippen molar-refractivity contribution < 1.29 is 9.90 Å². The van der Waals surface area contributed by atoms with E-state index in [2.05, 4.69) is 5.32 Å². The molecule has 17 heavy (non-hydrogen) atoms. The van der Waals surface area contributed by atoms with Crippen LogP contribution in [0.3, 0.4) is 0 Å². The van der Waals surface area contributed by atoms with Crippen molar-refractivity contribution in [3.05, 3.63) is 0 Å². The molecule has 3 heteroatoms. The molecular formula is C14H23NO2. The molecule has 0 heterocycles. The minimum absolute atomic E-state index is 0.257. The quantitative estimate of drug-likeness (QED) is 0.720. The van der Waals surface area contributed by atoms with Crippen molar-refractivity contribution in [3.8, 4) is 0 Å². The average molecular weight is 237 g/mol. The van der Waals surface area contributed by atoms with Crippen molar-refractivity contribution in [2.75, 3.05) is 13.1 Å². The summed E-state index contributed by atoms with van der Waals surface area (Å²) in [5.41, 5.74) is 0. The molecule has 0 aliphatic heterocycles. The van der Waals surface area contributed by atoms with Crippen molar-refractivity contribution in [1.82, 2.24) is 5.32 Å². The second kappa shape index (κ2) is 4.60. The van der Waals surface area contributed by atoms with Crippen molar-refractivity contribution in [1.29, 1.82) is 0 Å². The van der Waals surface area contributed by atoms with Gasteiger partial charge >= 0.3 is 5.97 Å². The van der Waals surface area contributed by atoms with Gasteiger partial charge in [-0.15, -0.1) is 0 Å². The lowest BCUT2D eigenvalue weighted by molar-refractivity contribution is -0.136. The van der Waals surface area contributed by atoms with Gasteiger partial charge in [0.25, 0.3) is 0 Å². The van der Waals surface area contributed by atoms with E-state index in [1.807, 2.05) is 0 Å². The fourth-order valence-corrected chi connectivity index (χ4v) is 4.84. The fourth-order valence-electron chi connectivity index (χ4n) is 4.84. The zero-order chi connectivity index (χ0) is 11.8. The summed E-state index contributed by atoms with van der Waals surface area (Å²) in [6.07, 6.45) is 7.59. The average Bonchev–Trinajstić information content (AvgIpc) is 2.25. The van der Waals surface area contributed by atoms with Crippen molar-refractivity contribution in [2.45, 2.75) is 38.5 Å². The Hall–Kier alpha value is -0.570. The molecule has 4 fully saturated rings. The molecule has 96 valence electrons. The van der Waals surface area contributed by atoms with E-state index in [4.69, 9.17) is 5.11 Å². The highest BCUT2D eigenvalue weighted by molar-refractivity contribution is 5.66. The zero-order valence-electron chi connectivity index (χ0n) is 10.4. The SMILES string of the molecule is O=C(O)CCNCC1C2CC3CC(C2)CC1C3. The lowest BCUT2D eigenvalue weighted by Gasteiger charge is -2.54. The summed E-state index contributed by atoms with van der Waals surface area (Å²) in [5, 5.41) is 12.0. The van der Waals surface area contributed by atoms with Gasteiger partial charge in [0.15, 0.2) is 0 Å².